The second kappa shape index (κ2) is 3.33. The molecule has 0 saturated heterocycles. The Morgan fingerprint density at radius 3 is 2.33 bits per heavy atom. The van der Waals surface area contributed by atoms with Crippen LogP contribution < -0.4 is 0 Å². The number of hydrogen-bond acceptors (Lipinski definition) is 1. The van der Waals surface area contributed by atoms with E-state index in [0.29, 0.717) is 0 Å². The Balaban J connectivity index is 3.41. The van der Waals surface area contributed by atoms with Crippen molar-refractivity contribution in [1.29, 1.82) is 0 Å². The van der Waals surface area contributed by atoms with Gasteiger partial charge >= 0.3 is 0 Å². The summed E-state index contributed by atoms with van der Waals surface area (Å²) in [6.45, 7) is 1.87. The molecule has 0 aliphatic carbocycles. The van der Waals surface area contributed by atoms with E-state index >= 15 is 0 Å². The van der Waals surface area contributed by atoms with Crippen molar-refractivity contribution in [3.63, 3.8) is 0 Å². The summed E-state index contributed by atoms with van der Waals surface area (Å²) in [6, 6.07) is 0. The van der Waals surface area contributed by atoms with Crippen LogP contribution in [0.2, 0.25) is 0 Å². The molecule has 0 aliphatic heterocycles. The molecule has 34 valence electrons. The lowest BCUT2D eigenvalue weighted by atomic mass is 10.6. The first-order valence-electron chi connectivity index (χ1n) is 1.55. The fourth-order valence-electron chi connectivity index (χ4n) is 0.0938. The van der Waals surface area contributed by atoms with Gasteiger partial charge in [0, 0.05) is 0 Å². The lowest BCUT2D eigenvalue weighted by molar-refractivity contribution is -0.104. The monoisotopic (exact) mass is 196 g/mol. The number of halogens is 1. The Morgan fingerprint density at radius 1 is 1.83 bits per heavy atom. The van der Waals surface area contributed by atoms with Crippen molar-refractivity contribution in [2.45, 2.75) is 6.92 Å². The summed E-state index contributed by atoms with van der Waals surface area (Å²) < 4.78 is 1.02. The predicted molar refractivity (Wildman–Crippen MR) is 33.8 cm³/mol. The van der Waals surface area contributed by atoms with Crippen LogP contribution in [-0.4, -0.2) is 6.29 Å². The molecule has 0 aromatic rings. The van der Waals surface area contributed by atoms with Crippen LogP contribution in [0.5, 0.6) is 0 Å². The third kappa shape index (κ3) is 4.14. The maximum Gasteiger partial charge on any atom is 0.143 e. The van der Waals surface area contributed by atoms with Crippen LogP contribution in [0.15, 0.2) is 9.66 Å². The van der Waals surface area contributed by atoms with E-state index in [0.717, 1.165) is 9.87 Å². The highest BCUT2D eigenvalue weighted by Gasteiger charge is 1.69. The number of rotatable bonds is 1. The van der Waals surface area contributed by atoms with Gasteiger partial charge in [-0.2, -0.15) is 0 Å². The molecule has 0 aliphatic rings. The quantitative estimate of drug-likeness (QED) is 0.353. The van der Waals surface area contributed by atoms with Crippen LogP contribution in [0, 0.1) is 0 Å². The molecule has 0 amide bonds. The van der Waals surface area contributed by atoms with Gasteiger partial charge in [-0.25, -0.2) is 0 Å². The minimum Gasteiger partial charge on any atom is -0.299 e. The Hall–Kier alpha value is 0.140. The smallest absolute Gasteiger partial charge is 0.143 e. The Bertz CT molecular complexity index is 71.6. The third-order valence-electron chi connectivity index (χ3n) is 0.298. The molecule has 0 saturated carbocycles. The lowest BCUT2D eigenvalue weighted by Gasteiger charge is -1.70. The molecule has 0 N–H and O–H groups in total. The fourth-order valence-corrected chi connectivity index (χ4v) is 0.241. The number of carbonyl (C=O) groups is 1. The second-order valence-electron chi connectivity index (χ2n) is 0.890. The SMILES string of the molecule is C/C(I)=C\C=O. The Morgan fingerprint density at radius 2 is 2.33 bits per heavy atom. The molecule has 0 spiro atoms. The van der Waals surface area contributed by atoms with E-state index in [9.17, 15) is 4.79 Å². The van der Waals surface area contributed by atoms with Gasteiger partial charge in [-0.1, -0.05) is 0 Å². The normalized spacial score (nSPS) is 11.3. The molecule has 0 fully saturated rings. The van der Waals surface area contributed by atoms with Crippen molar-refractivity contribution < 1.29 is 4.79 Å². The molecule has 6 heavy (non-hydrogen) atoms. The van der Waals surface area contributed by atoms with E-state index in [1.807, 2.05) is 6.92 Å². The van der Waals surface area contributed by atoms with Crippen molar-refractivity contribution in [2.24, 2.45) is 0 Å². The lowest BCUT2D eigenvalue weighted by Crippen LogP contribution is -1.57. The maximum absolute atomic E-state index is 9.53. The zero-order valence-electron chi connectivity index (χ0n) is 3.44. The summed E-state index contributed by atoms with van der Waals surface area (Å²) in [5, 5.41) is 0. The Labute approximate surface area is 50.6 Å². The zero-order valence-corrected chi connectivity index (χ0v) is 5.60. The van der Waals surface area contributed by atoms with E-state index in [1.54, 1.807) is 0 Å². The van der Waals surface area contributed by atoms with Gasteiger partial charge in [0.05, 0.1) is 0 Å². The Kier molecular flexibility index (Phi) is 3.41. The van der Waals surface area contributed by atoms with Crippen LogP contribution in [0.4, 0.5) is 0 Å². The van der Waals surface area contributed by atoms with Gasteiger partial charge in [0.1, 0.15) is 6.29 Å². The molecule has 0 aromatic carbocycles. The van der Waals surface area contributed by atoms with Crippen molar-refractivity contribution in [1.82, 2.24) is 0 Å². The molecule has 0 heterocycles. The summed E-state index contributed by atoms with van der Waals surface area (Å²) >= 11 is 2.07. The molecule has 2 heteroatoms. The minimum atomic E-state index is 0.780. The standard InChI is InChI=1S/C4H5IO/c1-4(5)2-3-6/h2-3H,1H3/b4-2+. The van der Waals surface area contributed by atoms with E-state index in [-0.39, 0.29) is 0 Å². The van der Waals surface area contributed by atoms with Crippen molar-refractivity contribution in [2.75, 3.05) is 0 Å². The summed E-state index contributed by atoms with van der Waals surface area (Å²) in [4.78, 5) is 9.53. The number of aldehydes is 1. The number of hydrogen-bond donors (Lipinski definition) is 0. The summed E-state index contributed by atoms with van der Waals surface area (Å²) in [5.74, 6) is 0. The van der Waals surface area contributed by atoms with Gasteiger partial charge in [0.25, 0.3) is 0 Å². The van der Waals surface area contributed by atoms with Crippen LogP contribution in [0.3, 0.4) is 0 Å². The van der Waals surface area contributed by atoms with E-state index in [2.05, 4.69) is 22.6 Å². The van der Waals surface area contributed by atoms with Gasteiger partial charge in [0.2, 0.25) is 0 Å². The second-order valence-corrected chi connectivity index (χ2v) is 2.59. The highest BCUT2D eigenvalue weighted by atomic mass is 127. The number of carbonyl (C=O) groups excluding carboxylic acids is 1. The van der Waals surface area contributed by atoms with E-state index < -0.39 is 0 Å². The van der Waals surface area contributed by atoms with Crippen LogP contribution >= 0.6 is 22.6 Å². The van der Waals surface area contributed by atoms with Crippen LogP contribution in [-0.2, 0) is 4.79 Å². The maximum atomic E-state index is 9.53. The van der Waals surface area contributed by atoms with Crippen molar-refractivity contribution in [3.8, 4) is 0 Å². The molecule has 0 atom stereocenters. The molecule has 0 radical (unpaired) electrons. The van der Waals surface area contributed by atoms with Crippen LogP contribution in [0.1, 0.15) is 6.92 Å². The molecular formula is C4H5IO. The largest absolute Gasteiger partial charge is 0.299 e. The summed E-state index contributed by atoms with van der Waals surface area (Å²) in [7, 11) is 0. The topological polar surface area (TPSA) is 17.1 Å². The van der Waals surface area contributed by atoms with Crippen molar-refractivity contribution >= 4 is 28.9 Å². The summed E-state index contributed by atoms with van der Waals surface area (Å²) in [5.41, 5.74) is 0. The molecular weight excluding hydrogens is 191 g/mol. The van der Waals surface area contributed by atoms with Gasteiger partial charge in [-0.3, -0.25) is 4.79 Å². The molecule has 0 unspecified atom stereocenters. The average Bonchev–Trinajstić information content (AvgIpc) is 1.35. The van der Waals surface area contributed by atoms with E-state index in [4.69, 9.17) is 0 Å². The predicted octanol–water partition coefficient (Wildman–Crippen LogP) is 1.52. The zero-order chi connectivity index (χ0) is 4.99. The minimum absolute atomic E-state index is 0.780. The summed E-state index contributed by atoms with van der Waals surface area (Å²) in [6.07, 6.45) is 2.29. The van der Waals surface area contributed by atoms with Gasteiger partial charge in [-0.05, 0) is 39.2 Å². The first kappa shape index (κ1) is 6.14. The fraction of sp³-hybridized carbons (Fsp3) is 0.250. The van der Waals surface area contributed by atoms with Crippen LogP contribution in [0.25, 0.3) is 0 Å². The highest BCUT2D eigenvalue weighted by Crippen LogP contribution is 1.99. The molecule has 0 bridgehead atoms. The van der Waals surface area contributed by atoms with Gasteiger partial charge in [-0.15, -0.1) is 0 Å². The average molecular weight is 196 g/mol. The molecule has 0 aromatic heterocycles. The third-order valence-corrected chi connectivity index (χ3v) is 0.657. The van der Waals surface area contributed by atoms with Crippen molar-refractivity contribution in [3.05, 3.63) is 9.66 Å². The molecule has 0 rings (SSSR count). The van der Waals surface area contributed by atoms with Gasteiger partial charge in [0.15, 0.2) is 0 Å². The first-order chi connectivity index (χ1) is 2.77. The highest BCUT2D eigenvalue weighted by molar-refractivity contribution is 14.1. The van der Waals surface area contributed by atoms with E-state index in [1.165, 1.54) is 6.08 Å². The number of allylic oxidation sites excluding steroid dienone is 2. The molecule has 1 nitrogen and oxygen atoms in total. The first-order valence-corrected chi connectivity index (χ1v) is 2.63. The van der Waals surface area contributed by atoms with Gasteiger partial charge < -0.3 is 0 Å².